The lowest BCUT2D eigenvalue weighted by atomic mass is 10.1. The third-order valence-electron chi connectivity index (χ3n) is 2.59. The molecule has 2 unspecified atom stereocenters. The highest BCUT2D eigenvalue weighted by Crippen LogP contribution is 2.51. The predicted molar refractivity (Wildman–Crippen MR) is 69.8 cm³/mol. The molecular formula is C10H14N2O4S2. The largest absolute Gasteiger partial charge is 0.477 e. The lowest BCUT2D eigenvalue weighted by molar-refractivity contribution is -0.161. The van der Waals surface area contributed by atoms with Gasteiger partial charge in [-0.2, -0.15) is 0 Å². The van der Waals surface area contributed by atoms with Gasteiger partial charge in [-0.25, -0.2) is 4.79 Å². The molecule has 6 nitrogen and oxygen atoms in total. The zero-order valence-electron chi connectivity index (χ0n) is 9.95. The molecule has 0 bridgehead atoms. The molecule has 0 aromatic carbocycles. The molecule has 0 saturated carbocycles. The summed E-state index contributed by atoms with van der Waals surface area (Å²) in [5.41, 5.74) is 5.72. The molecule has 0 aliphatic carbocycles. The van der Waals surface area contributed by atoms with E-state index in [1.54, 1.807) is 0 Å². The molecule has 8 heteroatoms. The van der Waals surface area contributed by atoms with E-state index in [9.17, 15) is 14.7 Å². The van der Waals surface area contributed by atoms with Crippen molar-refractivity contribution in [3.8, 4) is 0 Å². The highest BCUT2D eigenvalue weighted by molar-refractivity contribution is 8.22. The first-order valence-electron chi connectivity index (χ1n) is 5.35. The summed E-state index contributed by atoms with van der Waals surface area (Å²) in [5.74, 6) is -0.755. The van der Waals surface area contributed by atoms with Crippen LogP contribution in [-0.4, -0.2) is 52.3 Å². The Bertz CT molecular complexity index is 424. The van der Waals surface area contributed by atoms with Crippen LogP contribution in [0.1, 0.15) is 6.92 Å². The van der Waals surface area contributed by atoms with Gasteiger partial charge >= 0.3 is 5.97 Å². The van der Waals surface area contributed by atoms with Crippen molar-refractivity contribution in [2.45, 2.75) is 24.4 Å². The summed E-state index contributed by atoms with van der Waals surface area (Å²) in [4.78, 5) is 24.3. The van der Waals surface area contributed by atoms with Gasteiger partial charge in [-0.3, -0.25) is 9.69 Å². The Morgan fingerprint density at radius 2 is 2.39 bits per heavy atom. The number of nitrogens with zero attached hydrogens (tertiary/aromatic N) is 1. The highest BCUT2D eigenvalue weighted by Gasteiger charge is 2.56. The molecular weight excluding hydrogens is 276 g/mol. The number of fused-ring (bicyclic) bond motifs is 1. The Morgan fingerprint density at radius 1 is 1.72 bits per heavy atom. The highest BCUT2D eigenvalue weighted by atomic mass is 32.2. The van der Waals surface area contributed by atoms with E-state index in [1.165, 1.54) is 35.5 Å². The fraction of sp³-hybridized carbons (Fsp3) is 0.600. The number of ether oxygens (including phenoxy) is 1. The number of carbonyl (C=O) groups excluding carboxylic acids is 1. The van der Waals surface area contributed by atoms with Gasteiger partial charge in [0.2, 0.25) is 0 Å². The number of rotatable bonds is 5. The van der Waals surface area contributed by atoms with Crippen LogP contribution in [0.25, 0.3) is 0 Å². The smallest absolute Gasteiger partial charge is 0.354 e. The van der Waals surface area contributed by atoms with Gasteiger partial charge in [0.05, 0.1) is 4.24 Å². The van der Waals surface area contributed by atoms with Crippen LogP contribution in [0.15, 0.2) is 9.93 Å². The summed E-state index contributed by atoms with van der Waals surface area (Å²) in [6.07, 6.45) is -0.544. The second-order valence-electron chi connectivity index (χ2n) is 4.10. The Labute approximate surface area is 113 Å². The minimum atomic E-state index is -1.08. The summed E-state index contributed by atoms with van der Waals surface area (Å²) in [7, 11) is 1.45. The van der Waals surface area contributed by atoms with Gasteiger partial charge in [-0.15, -0.1) is 11.8 Å². The molecule has 0 aromatic rings. The normalized spacial score (nSPS) is 28.2. The number of carbonyl (C=O) groups is 2. The number of methoxy groups -OCH3 is 1. The summed E-state index contributed by atoms with van der Waals surface area (Å²) >= 11 is 2.74. The topological polar surface area (TPSA) is 92.9 Å². The summed E-state index contributed by atoms with van der Waals surface area (Å²) in [6, 6.07) is -0.0275. The average molecular weight is 290 g/mol. The van der Waals surface area contributed by atoms with Gasteiger partial charge in [0, 0.05) is 18.9 Å². The van der Waals surface area contributed by atoms with Gasteiger partial charge in [0.15, 0.2) is 11.8 Å². The van der Waals surface area contributed by atoms with Crippen molar-refractivity contribution in [2.75, 3.05) is 12.9 Å². The molecule has 2 aliphatic rings. The molecule has 0 radical (unpaired) electrons. The molecule has 100 valence electrons. The number of hydrogen-bond acceptors (Lipinski definition) is 6. The van der Waals surface area contributed by atoms with Crippen LogP contribution in [0, 0.1) is 0 Å². The second-order valence-corrected chi connectivity index (χ2v) is 6.52. The lowest BCUT2D eigenvalue weighted by Crippen LogP contribution is -2.61. The molecule has 0 aromatic heterocycles. The number of carboxylic acids is 1. The van der Waals surface area contributed by atoms with Crippen LogP contribution in [0.5, 0.6) is 0 Å². The first-order valence-corrected chi connectivity index (χ1v) is 7.22. The predicted octanol–water partition coefficient (Wildman–Crippen LogP) is 0.251. The van der Waals surface area contributed by atoms with E-state index < -0.39 is 12.1 Å². The Morgan fingerprint density at radius 3 is 2.89 bits per heavy atom. The minimum Gasteiger partial charge on any atom is -0.477 e. The van der Waals surface area contributed by atoms with Gasteiger partial charge in [-0.1, -0.05) is 11.8 Å². The molecule has 3 atom stereocenters. The summed E-state index contributed by atoms with van der Waals surface area (Å²) < 4.78 is 5.69. The Hall–Kier alpha value is -0.700. The summed E-state index contributed by atoms with van der Waals surface area (Å²) in [6.45, 7) is 1.85. The van der Waals surface area contributed by atoms with Crippen LogP contribution in [0.4, 0.5) is 0 Å². The standard InChI is InChI=1S/C10H14N2O4S2/c1-4(11)3-17-10-5(9(14)15)12-7(13)6(16-2)8(12)18-10/h4,6,8H,3,11H2,1-2H3,(H,14,15)/t4?,6?,8-/m1/s1. The maximum Gasteiger partial charge on any atom is 0.354 e. The van der Waals surface area contributed by atoms with Crippen molar-refractivity contribution in [1.82, 2.24) is 4.90 Å². The van der Waals surface area contributed by atoms with Crippen LogP contribution in [0.3, 0.4) is 0 Å². The minimum absolute atomic E-state index is 0.0275. The summed E-state index contributed by atoms with van der Waals surface area (Å²) in [5, 5.41) is 8.95. The van der Waals surface area contributed by atoms with E-state index in [-0.39, 0.29) is 23.0 Å². The molecule has 1 amide bonds. The third kappa shape index (κ3) is 2.13. The zero-order valence-corrected chi connectivity index (χ0v) is 11.6. The molecule has 2 rings (SSSR count). The van der Waals surface area contributed by atoms with Gasteiger partial charge < -0.3 is 15.6 Å². The molecule has 0 spiro atoms. The van der Waals surface area contributed by atoms with Gasteiger partial charge in [0.25, 0.3) is 5.91 Å². The van der Waals surface area contributed by atoms with E-state index in [1.807, 2.05) is 6.92 Å². The van der Waals surface area contributed by atoms with Crippen molar-refractivity contribution < 1.29 is 19.4 Å². The molecule has 18 heavy (non-hydrogen) atoms. The third-order valence-corrected chi connectivity index (χ3v) is 5.49. The number of hydrogen-bond donors (Lipinski definition) is 2. The number of amides is 1. The Balaban J connectivity index is 2.18. The maximum atomic E-state index is 11.7. The number of carboxylic acid groups (broad SMARTS) is 1. The molecule has 1 fully saturated rings. The monoisotopic (exact) mass is 290 g/mol. The quantitative estimate of drug-likeness (QED) is 0.701. The second kappa shape index (κ2) is 5.12. The van der Waals surface area contributed by atoms with Crippen LogP contribution < -0.4 is 5.73 Å². The Kier molecular flexibility index (Phi) is 3.90. The van der Waals surface area contributed by atoms with Crippen molar-refractivity contribution in [1.29, 1.82) is 0 Å². The number of nitrogens with two attached hydrogens (primary N) is 1. The number of β-lactam (4-membered cyclic amide) rings is 1. The molecule has 2 heterocycles. The lowest BCUT2D eigenvalue weighted by Gasteiger charge is -2.40. The average Bonchev–Trinajstić information content (AvgIpc) is 2.62. The number of thioether (sulfide) groups is 2. The van der Waals surface area contributed by atoms with Crippen LogP contribution in [0.2, 0.25) is 0 Å². The van der Waals surface area contributed by atoms with Crippen molar-refractivity contribution in [3.63, 3.8) is 0 Å². The zero-order chi connectivity index (χ0) is 13.4. The van der Waals surface area contributed by atoms with E-state index in [0.29, 0.717) is 9.99 Å². The maximum absolute atomic E-state index is 11.7. The van der Waals surface area contributed by atoms with Crippen molar-refractivity contribution >= 4 is 35.4 Å². The van der Waals surface area contributed by atoms with E-state index in [2.05, 4.69) is 0 Å². The van der Waals surface area contributed by atoms with Crippen molar-refractivity contribution in [3.05, 3.63) is 9.93 Å². The fourth-order valence-corrected chi connectivity index (χ4v) is 4.46. The van der Waals surface area contributed by atoms with Crippen molar-refractivity contribution in [2.24, 2.45) is 5.73 Å². The van der Waals surface area contributed by atoms with E-state index >= 15 is 0 Å². The first kappa shape index (κ1) is 13.7. The van der Waals surface area contributed by atoms with E-state index in [0.717, 1.165) is 0 Å². The first-order chi connectivity index (χ1) is 8.47. The number of aliphatic carboxylic acids is 1. The fourth-order valence-electron chi connectivity index (χ4n) is 1.77. The molecule has 3 N–H and O–H groups in total. The van der Waals surface area contributed by atoms with Crippen LogP contribution in [-0.2, 0) is 14.3 Å². The molecule has 2 aliphatic heterocycles. The van der Waals surface area contributed by atoms with Gasteiger partial charge in [0.1, 0.15) is 5.37 Å². The van der Waals surface area contributed by atoms with E-state index in [4.69, 9.17) is 10.5 Å². The molecule has 1 saturated heterocycles. The SMILES string of the molecule is COC1C(=O)N2C(C(=O)O)=C(SCC(C)N)S[C@H]12. The van der Waals surface area contributed by atoms with Crippen LogP contribution >= 0.6 is 23.5 Å². The van der Waals surface area contributed by atoms with Gasteiger partial charge in [-0.05, 0) is 6.92 Å².